The number of rotatable bonds is 5. The first-order valence-electron chi connectivity index (χ1n) is 9.66. The van der Waals surface area contributed by atoms with Crippen molar-refractivity contribution in [1.82, 2.24) is 29.9 Å². The summed E-state index contributed by atoms with van der Waals surface area (Å²) < 4.78 is 5.32. The number of nitrogens with zero attached hydrogens (tertiary/aromatic N) is 6. The summed E-state index contributed by atoms with van der Waals surface area (Å²) in [7, 11) is 1.58. The van der Waals surface area contributed by atoms with Crippen LogP contribution in [0.25, 0.3) is 5.69 Å². The Labute approximate surface area is 179 Å². The van der Waals surface area contributed by atoms with Crippen LogP contribution in [-0.4, -0.2) is 61.5 Å². The van der Waals surface area contributed by atoms with Crippen molar-refractivity contribution in [3.63, 3.8) is 0 Å². The number of amides is 1. The standard InChI is InChI=1S/C20H22ClN7O2/c1-13-16(26-19-12-22-18(21)11-23-19)4-3-9-27(13)20(29)15-6-5-14(30-2)10-17(15)28-24-7-8-25-28/h5-8,10-13,16H,3-4,9H2,1-2H3,(H,23,26)/t13-,16+/m0/s1. The van der Waals surface area contributed by atoms with Crippen molar-refractivity contribution in [1.29, 1.82) is 0 Å². The van der Waals surface area contributed by atoms with Gasteiger partial charge in [-0.05, 0) is 31.9 Å². The van der Waals surface area contributed by atoms with E-state index in [9.17, 15) is 4.79 Å². The minimum absolute atomic E-state index is 0.0442. The lowest BCUT2D eigenvalue weighted by molar-refractivity contribution is 0.0616. The zero-order valence-corrected chi connectivity index (χ0v) is 17.5. The van der Waals surface area contributed by atoms with Crippen molar-refractivity contribution in [2.45, 2.75) is 31.8 Å². The maximum Gasteiger partial charge on any atom is 0.256 e. The minimum atomic E-state index is -0.0776. The van der Waals surface area contributed by atoms with Crippen molar-refractivity contribution in [2.24, 2.45) is 0 Å². The molecule has 2 aromatic heterocycles. The van der Waals surface area contributed by atoms with Crippen molar-refractivity contribution in [3.05, 3.63) is 53.7 Å². The summed E-state index contributed by atoms with van der Waals surface area (Å²) in [6.07, 6.45) is 8.04. The number of methoxy groups -OCH3 is 1. The Hall–Kier alpha value is -3.20. The molecule has 156 valence electrons. The molecule has 30 heavy (non-hydrogen) atoms. The first-order valence-corrected chi connectivity index (χ1v) is 10.0. The number of carbonyl (C=O) groups is 1. The third-order valence-corrected chi connectivity index (χ3v) is 5.47. The molecule has 3 heterocycles. The number of anilines is 1. The van der Waals surface area contributed by atoms with Gasteiger partial charge in [0.05, 0.1) is 37.5 Å². The fourth-order valence-corrected chi connectivity index (χ4v) is 3.78. The fourth-order valence-electron chi connectivity index (χ4n) is 3.68. The van der Waals surface area contributed by atoms with E-state index in [1.807, 2.05) is 11.8 Å². The van der Waals surface area contributed by atoms with Crippen LogP contribution in [0.4, 0.5) is 5.82 Å². The molecule has 9 nitrogen and oxygen atoms in total. The second kappa shape index (κ2) is 8.66. The number of piperidine rings is 1. The largest absolute Gasteiger partial charge is 0.497 e. The Morgan fingerprint density at radius 3 is 2.73 bits per heavy atom. The Kier molecular flexibility index (Phi) is 5.80. The van der Waals surface area contributed by atoms with Gasteiger partial charge in [0.1, 0.15) is 22.4 Å². The number of ether oxygens (including phenoxy) is 1. The molecular formula is C20H22ClN7O2. The van der Waals surface area contributed by atoms with Gasteiger partial charge in [-0.2, -0.15) is 15.0 Å². The summed E-state index contributed by atoms with van der Waals surface area (Å²) in [5.74, 6) is 1.19. The third-order valence-electron chi connectivity index (χ3n) is 5.27. The van der Waals surface area contributed by atoms with Crippen LogP contribution < -0.4 is 10.1 Å². The summed E-state index contributed by atoms with van der Waals surface area (Å²) >= 11 is 5.82. The highest BCUT2D eigenvalue weighted by Gasteiger charge is 2.33. The van der Waals surface area contributed by atoms with Crippen LogP contribution in [-0.2, 0) is 0 Å². The molecule has 1 aliphatic heterocycles. The van der Waals surface area contributed by atoms with E-state index in [0.717, 1.165) is 12.8 Å². The summed E-state index contributed by atoms with van der Waals surface area (Å²) in [6.45, 7) is 2.70. The fraction of sp³-hybridized carbons (Fsp3) is 0.350. The molecule has 3 aromatic rings. The summed E-state index contributed by atoms with van der Waals surface area (Å²) in [6, 6.07) is 5.29. The SMILES string of the molecule is COc1ccc(C(=O)N2CCC[C@@H](Nc3cnc(Cl)cn3)[C@@H]2C)c(-n2nccn2)c1. The molecular weight excluding hydrogens is 406 g/mol. The van der Waals surface area contributed by atoms with Gasteiger partial charge < -0.3 is 15.0 Å². The molecule has 1 saturated heterocycles. The monoisotopic (exact) mass is 427 g/mol. The first-order chi connectivity index (χ1) is 14.6. The molecule has 10 heteroatoms. The molecule has 0 unspecified atom stereocenters. The van der Waals surface area contributed by atoms with E-state index in [1.54, 1.807) is 43.9 Å². The lowest BCUT2D eigenvalue weighted by atomic mass is 9.96. The normalized spacial score (nSPS) is 18.8. The minimum Gasteiger partial charge on any atom is -0.497 e. The maximum atomic E-state index is 13.5. The van der Waals surface area contributed by atoms with Gasteiger partial charge in [0.2, 0.25) is 0 Å². The summed E-state index contributed by atoms with van der Waals surface area (Å²) in [5, 5.41) is 12.1. The average Bonchev–Trinajstić information content (AvgIpc) is 3.31. The van der Waals surface area contributed by atoms with E-state index in [2.05, 4.69) is 25.5 Å². The predicted molar refractivity (Wildman–Crippen MR) is 112 cm³/mol. The highest BCUT2D eigenvalue weighted by atomic mass is 35.5. The second-order valence-electron chi connectivity index (χ2n) is 7.06. The van der Waals surface area contributed by atoms with Crippen molar-refractivity contribution < 1.29 is 9.53 Å². The van der Waals surface area contributed by atoms with Crippen LogP contribution in [0.5, 0.6) is 5.75 Å². The quantitative estimate of drug-likeness (QED) is 0.668. The number of benzene rings is 1. The van der Waals surface area contributed by atoms with Crippen LogP contribution >= 0.6 is 11.6 Å². The van der Waals surface area contributed by atoms with Gasteiger partial charge in [0.25, 0.3) is 5.91 Å². The number of carbonyl (C=O) groups excluding carboxylic acids is 1. The Bertz CT molecular complexity index is 1010. The lowest BCUT2D eigenvalue weighted by Gasteiger charge is -2.40. The van der Waals surface area contributed by atoms with Crippen molar-refractivity contribution >= 4 is 23.3 Å². The smallest absolute Gasteiger partial charge is 0.256 e. The van der Waals surface area contributed by atoms with E-state index < -0.39 is 0 Å². The third kappa shape index (κ3) is 4.06. The van der Waals surface area contributed by atoms with E-state index in [4.69, 9.17) is 16.3 Å². The molecule has 1 fully saturated rings. The molecule has 1 N–H and O–H groups in total. The van der Waals surface area contributed by atoms with Gasteiger partial charge in [0, 0.05) is 24.7 Å². The zero-order valence-electron chi connectivity index (χ0n) is 16.7. The average molecular weight is 428 g/mol. The Morgan fingerprint density at radius 1 is 1.23 bits per heavy atom. The van der Waals surface area contributed by atoms with Gasteiger partial charge in [-0.3, -0.25) is 4.79 Å². The number of aromatic nitrogens is 5. The summed E-state index contributed by atoms with van der Waals surface area (Å²) in [4.78, 5) is 25.1. The van der Waals surface area contributed by atoms with E-state index in [1.165, 1.54) is 11.0 Å². The number of halogens is 1. The van der Waals surface area contributed by atoms with Crippen molar-refractivity contribution in [3.8, 4) is 11.4 Å². The second-order valence-corrected chi connectivity index (χ2v) is 7.45. The number of likely N-dealkylation sites (tertiary alicyclic amines) is 1. The molecule has 0 saturated carbocycles. The van der Waals surface area contributed by atoms with Crippen LogP contribution in [0.15, 0.2) is 43.0 Å². The number of hydrogen-bond acceptors (Lipinski definition) is 7. The molecule has 1 aromatic carbocycles. The highest BCUT2D eigenvalue weighted by Crippen LogP contribution is 2.26. The first kappa shape index (κ1) is 20.1. The number of hydrogen-bond donors (Lipinski definition) is 1. The molecule has 4 rings (SSSR count). The van der Waals surface area contributed by atoms with Crippen LogP contribution in [0.2, 0.25) is 5.15 Å². The van der Waals surface area contributed by atoms with E-state index in [-0.39, 0.29) is 18.0 Å². The van der Waals surface area contributed by atoms with Gasteiger partial charge in [-0.25, -0.2) is 9.97 Å². The van der Waals surface area contributed by atoms with Gasteiger partial charge >= 0.3 is 0 Å². The maximum absolute atomic E-state index is 13.5. The van der Waals surface area contributed by atoms with Gasteiger partial charge in [-0.15, -0.1) is 0 Å². The topological polar surface area (TPSA) is 98.1 Å². The zero-order chi connectivity index (χ0) is 21.1. The Balaban J connectivity index is 1.59. The molecule has 1 aliphatic rings. The van der Waals surface area contributed by atoms with Crippen LogP contribution in [0.3, 0.4) is 0 Å². The molecule has 1 amide bonds. The van der Waals surface area contributed by atoms with Crippen molar-refractivity contribution in [2.75, 3.05) is 19.0 Å². The van der Waals surface area contributed by atoms with Crippen LogP contribution in [0, 0.1) is 0 Å². The van der Waals surface area contributed by atoms with E-state index in [0.29, 0.717) is 34.5 Å². The van der Waals surface area contributed by atoms with Gasteiger partial charge in [-0.1, -0.05) is 11.6 Å². The Morgan fingerprint density at radius 2 is 2.03 bits per heavy atom. The highest BCUT2D eigenvalue weighted by molar-refractivity contribution is 6.29. The van der Waals surface area contributed by atoms with Crippen LogP contribution in [0.1, 0.15) is 30.1 Å². The predicted octanol–water partition coefficient (Wildman–Crippen LogP) is 2.82. The number of nitrogens with one attached hydrogen (secondary N) is 1. The molecule has 0 aliphatic carbocycles. The molecule has 0 spiro atoms. The molecule has 0 radical (unpaired) electrons. The molecule has 2 atom stereocenters. The molecule has 0 bridgehead atoms. The lowest BCUT2D eigenvalue weighted by Crippen LogP contribution is -2.52. The van der Waals surface area contributed by atoms with Gasteiger partial charge in [0.15, 0.2) is 0 Å². The van der Waals surface area contributed by atoms with E-state index >= 15 is 0 Å². The summed E-state index contributed by atoms with van der Waals surface area (Å²) in [5.41, 5.74) is 1.10.